The van der Waals surface area contributed by atoms with Gasteiger partial charge >= 0.3 is 0 Å². The Balaban J connectivity index is 1.66. The molecular weight excluding hydrogens is 290 g/mol. The number of nitrogens with one attached hydrogen (secondary N) is 2. The van der Waals surface area contributed by atoms with Crippen LogP contribution in [0.3, 0.4) is 0 Å². The highest BCUT2D eigenvalue weighted by Crippen LogP contribution is 2.58. The standard InChI is InChI=1S/C18H25N3O2/c1-12-10-13(4-5-14(12)17(23)21(2)3)20-16(22)15-11-18(15)6-8-19-9-7-18/h4-5,10,15,19H,6-9,11H2,1-3H3,(H,20,22). The molecule has 2 N–H and O–H groups in total. The smallest absolute Gasteiger partial charge is 0.253 e. The third kappa shape index (κ3) is 3.11. The monoisotopic (exact) mass is 315 g/mol. The molecule has 23 heavy (non-hydrogen) atoms. The molecule has 2 amide bonds. The van der Waals surface area contributed by atoms with E-state index in [4.69, 9.17) is 0 Å². The minimum atomic E-state index is -0.0174. The number of amides is 2. The molecule has 1 saturated carbocycles. The van der Waals surface area contributed by atoms with Gasteiger partial charge in [0.25, 0.3) is 5.91 Å². The SMILES string of the molecule is Cc1cc(NC(=O)C2CC23CCNCC3)ccc1C(=O)N(C)C. The van der Waals surface area contributed by atoms with Crippen molar-refractivity contribution in [2.24, 2.45) is 11.3 Å². The van der Waals surface area contributed by atoms with E-state index in [9.17, 15) is 9.59 Å². The lowest BCUT2D eigenvalue weighted by Gasteiger charge is -2.23. The van der Waals surface area contributed by atoms with E-state index in [1.165, 1.54) is 0 Å². The van der Waals surface area contributed by atoms with Gasteiger partial charge in [-0.1, -0.05) is 0 Å². The van der Waals surface area contributed by atoms with Crippen LogP contribution in [0, 0.1) is 18.3 Å². The van der Waals surface area contributed by atoms with E-state index in [1.54, 1.807) is 25.1 Å². The van der Waals surface area contributed by atoms with Gasteiger partial charge in [-0.3, -0.25) is 9.59 Å². The number of piperidine rings is 1. The predicted octanol–water partition coefficient (Wildman–Crippen LogP) is 2.03. The summed E-state index contributed by atoms with van der Waals surface area (Å²) in [4.78, 5) is 26.1. The fourth-order valence-electron chi connectivity index (χ4n) is 3.65. The first-order chi connectivity index (χ1) is 10.9. The van der Waals surface area contributed by atoms with Crippen molar-refractivity contribution in [2.45, 2.75) is 26.2 Å². The Labute approximate surface area is 137 Å². The number of rotatable bonds is 3. The van der Waals surface area contributed by atoms with Crippen molar-refractivity contribution in [2.75, 3.05) is 32.5 Å². The van der Waals surface area contributed by atoms with Gasteiger partial charge in [0.2, 0.25) is 5.91 Å². The molecule has 0 bridgehead atoms. The minimum absolute atomic E-state index is 0.0174. The average Bonchev–Trinajstić information content (AvgIpc) is 3.21. The molecule has 1 aliphatic heterocycles. The van der Waals surface area contributed by atoms with E-state index in [0.717, 1.165) is 43.6 Å². The van der Waals surface area contributed by atoms with Crippen molar-refractivity contribution in [1.82, 2.24) is 10.2 Å². The average molecular weight is 315 g/mol. The lowest BCUT2D eigenvalue weighted by atomic mass is 9.91. The van der Waals surface area contributed by atoms with Gasteiger partial charge in [-0.05, 0) is 68.5 Å². The third-order valence-corrected chi connectivity index (χ3v) is 5.24. The zero-order valence-electron chi connectivity index (χ0n) is 14.1. The first kappa shape index (κ1) is 16.0. The van der Waals surface area contributed by atoms with Gasteiger partial charge in [0.05, 0.1) is 0 Å². The van der Waals surface area contributed by atoms with Crippen LogP contribution < -0.4 is 10.6 Å². The molecule has 2 fully saturated rings. The van der Waals surface area contributed by atoms with Gasteiger partial charge in [-0.2, -0.15) is 0 Å². The molecule has 1 aromatic rings. The van der Waals surface area contributed by atoms with Crippen molar-refractivity contribution in [3.63, 3.8) is 0 Å². The van der Waals surface area contributed by atoms with E-state index >= 15 is 0 Å². The van der Waals surface area contributed by atoms with Gasteiger partial charge < -0.3 is 15.5 Å². The second-order valence-electron chi connectivity index (χ2n) is 7.09. The molecule has 1 atom stereocenters. The summed E-state index contributed by atoms with van der Waals surface area (Å²) < 4.78 is 0. The van der Waals surface area contributed by atoms with Crippen molar-refractivity contribution in [1.29, 1.82) is 0 Å². The van der Waals surface area contributed by atoms with Crippen LogP contribution in [0.5, 0.6) is 0 Å². The van der Waals surface area contributed by atoms with Crippen molar-refractivity contribution < 1.29 is 9.59 Å². The number of hydrogen-bond acceptors (Lipinski definition) is 3. The van der Waals surface area contributed by atoms with Crippen LogP contribution in [0.1, 0.15) is 35.2 Å². The number of carbonyl (C=O) groups is 2. The fourth-order valence-corrected chi connectivity index (χ4v) is 3.65. The summed E-state index contributed by atoms with van der Waals surface area (Å²) in [7, 11) is 3.48. The summed E-state index contributed by atoms with van der Waals surface area (Å²) >= 11 is 0. The van der Waals surface area contributed by atoms with E-state index in [1.807, 2.05) is 19.1 Å². The van der Waals surface area contributed by atoms with Gasteiger partial charge in [0.15, 0.2) is 0 Å². The normalized spacial score (nSPS) is 21.8. The van der Waals surface area contributed by atoms with Gasteiger partial charge in [-0.15, -0.1) is 0 Å². The number of aryl methyl sites for hydroxylation is 1. The highest BCUT2D eigenvalue weighted by molar-refractivity contribution is 5.98. The zero-order valence-corrected chi connectivity index (χ0v) is 14.1. The van der Waals surface area contributed by atoms with Crippen LogP contribution in [0.25, 0.3) is 0 Å². The number of carbonyl (C=O) groups excluding carboxylic acids is 2. The van der Waals surface area contributed by atoms with Crippen molar-refractivity contribution >= 4 is 17.5 Å². The zero-order chi connectivity index (χ0) is 16.6. The minimum Gasteiger partial charge on any atom is -0.345 e. The highest BCUT2D eigenvalue weighted by Gasteiger charge is 2.57. The van der Waals surface area contributed by atoms with Crippen molar-refractivity contribution in [3.8, 4) is 0 Å². The van der Waals surface area contributed by atoms with Crippen LogP contribution in [0.2, 0.25) is 0 Å². The van der Waals surface area contributed by atoms with Crippen LogP contribution in [-0.4, -0.2) is 43.9 Å². The Morgan fingerprint density at radius 1 is 1.26 bits per heavy atom. The molecule has 5 nitrogen and oxygen atoms in total. The Morgan fingerprint density at radius 2 is 1.96 bits per heavy atom. The molecule has 124 valence electrons. The Morgan fingerprint density at radius 3 is 2.57 bits per heavy atom. The van der Waals surface area contributed by atoms with E-state index in [2.05, 4.69) is 10.6 Å². The first-order valence-corrected chi connectivity index (χ1v) is 8.27. The van der Waals surface area contributed by atoms with Gasteiger partial charge in [-0.25, -0.2) is 0 Å². The molecule has 1 spiro atoms. The molecule has 5 heteroatoms. The van der Waals surface area contributed by atoms with E-state index < -0.39 is 0 Å². The summed E-state index contributed by atoms with van der Waals surface area (Å²) in [5, 5.41) is 6.38. The topological polar surface area (TPSA) is 61.4 Å². The predicted molar refractivity (Wildman–Crippen MR) is 90.5 cm³/mol. The molecule has 1 aromatic carbocycles. The van der Waals surface area contributed by atoms with Crippen LogP contribution in [-0.2, 0) is 4.79 Å². The Hall–Kier alpha value is -1.88. The quantitative estimate of drug-likeness (QED) is 0.897. The summed E-state index contributed by atoms with van der Waals surface area (Å²) in [6, 6.07) is 5.49. The first-order valence-electron chi connectivity index (χ1n) is 8.27. The third-order valence-electron chi connectivity index (χ3n) is 5.24. The molecular formula is C18H25N3O2. The highest BCUT2D eigenvalue weighted by atomic mass is 16.2. The van der Waals surface area contributed by atoms with Crippen LogP contribution in [0.15, 0.2) is 18.2 Å². The number of benzene rings is 1. The number of anilines is 1. The molecule has 0 aromatic heterocycles. The molecule has 0 radical (unpaired) electrons. The lowest BCUT2D eigenvalue weighted by Crippen LogP contribution is -2.31. The van der Waals surface area contributed by atoms with Gasteiger partial charge in [0.1, 0.15) is 0 Å². The molecule has 3 rings (SSSR count). The van der Waals surface area contributed by atoms with Crippen molar-refractivity contribution in [3.05, 3.63) is 29.3 Å². The maximum absolute atomic E-state index is 12.5. The van der Waals surface area contributed by atoms with E-state index in [-0.39, 0.29) is 23.1 Å². The number of nitrogens with zero attached hydrogens (tertiary/aromatic N) is 1. The number of hydrogen-bond donors (Lipinski definition) is 2. The molecule has 1 unspecified atom stereocenters. The second-order valence-corrected chi connectivity index (χ2v) is 7.09. The summed E-state index contributed by atoms with van der Waals surface area (Å²) in [5.41, 5.74) is 2.58. The summed E-state index contributed by atoms with van der Waals surface area (Å²) in [6.07, 6.45) is 3.21. The Bertz CT molecular complexity index is 633. The lowest BCUT2D eigenvalue weighted by molar-refractivity contribution is -0.118. The molecule has 1 aliphatic carbocycles. The summed E-state index contributed by atoms with van der Waals surface area (Å²) in [6.45, 7) is 3.94. The maximum Gasteiger partial charge on any atom is 0.253 e. The summed E-state index contributed by atoms with van der Waals surface area (Å²) in [5.74, 6) is 0.252. The molecule has 1 heterocycles. The Kier molecular flexibility index (Phi) is 4.15. The van der Waals surface area contributed by atoms with E-state index in [0.29, 0.717) is 5.56 Å². The maximum atomic E-state index is 12.5. The largest absolute Gasteiger partial charge is 0.345 e. The van der Waals surface area contributed by atoms with Crippen LogP contribution in [0.4, 0.5) is 5.69 Å². The second kappa shape index (κ2) is 5.96. The molecule has 2 aliphatic rings. The van der Waals surface area contributed by atoms with Gasteiger partial charge in [0, 0.05) is 31.3 Å². The molecule has 1 saturated heterocycles. The fraction of sp³-hybridized carbons (Fsp3) is 0.556. The van der Waals surface area contributed by atoms with Crippen LogP contribution >= 0.6 is 0 Å².